The van der Waals surface area contributed by atoms with Crippen LogP contribution in [-0.2, 0) is 26.2 Å². The summed E-state index contributed by atoms with van der Waals surface area (Å²) in [5, 5.41) is 3.74. The molecule has 1 saturated carbocycles. The van der Waals surface area contributed by atoms with Crippen LogP contribution in [0.25, 0.3) is 0 Å². The zero-order valence-corrected chi connectivity index (χ0v) is 24.8. The van der Waals surface area contributed by atoms with Gasteiger partial charge in [-0.3, -0.25) is 13.9 Å². The van der Waals surface area contributed by atoms with Crippen LogP contribution in [0.5, 0.6) is 0 Å². The number of nitrogens with zero attached hydrogens (tertiary/aromatic N) is 2. The highest BCUT2D eigenvalue weighted by molar-refractivity contribution is 7.92. The predicted molar refractivity (Wildman–Crippen MR) is 159 cm³/mol. The first-order chi connectivity index (χ1) is 19.1. The molecular weight excluding hydrogens is 569 g/mol. The summed E-state index contributed by atoms with van der Waals surface area (Å²) in [6.07, 6.45) is 3.86. The monoisotopic (exact) mass is 601 g/mol. The van der Waals surface area contributed by atoms with Crippen LogP contribution in [-0.4, -0.2) is 43.8 Å². The maximum Gasteiger partial charge on any atom is 0.264 e. The van der Waals surface area contributed by atoms with E-state index in [2.05, 4.69) is 5.32 Å². The molecule has 0 heterocycles. The van der Waals surface area contributed by atoms with E-state index in [4.69, 9.17) is 23.2 Å². The molecule has 0 spiro atoms. The van der Waals surface area contributed by atoms with Crippen molar-refractivity contribution in [2.24, 2.45) is 0 Å². The van der Waals surface area contributed by atoms with Gasteiger partial charge in [0, 0.05) is 28.2 Å². The number of halogens is 2. The first kappa shape index (κ1) is 29.9. The van der Waals surface area contributed by atoms with Crippen LogP contribution in [0.4, 0.5) is 5.69 Å². The molecule has 4 rings (SSSR count). The Bertz CT molecular complexity index is 1420. The minimum absolute atomic E-state index is 0.0519. The average molecular weight is 603 g/mol. The first-order valence-electron chi connectivity index (χ1n) is 13.2. The van der Waals surface area contributed by atoms with Crippen LogP contribution in [0.3, 0.4) is 0 Å². The molecule has 212 valence electrons. The molecule has 0 bridgehead atoms. The number of hydrogen-bond donors (Lipinski definition) is 1. The van der Waals surface area contributed by atoms with Gasteiger partial charge in [-0.25, -0.2) is 8.42 Å². The first-order valence-corrected chi connectivity index (χ1v) is 15.4. The van der Waals surface area contributed by atoms with Crippen molar-refractivity contribution < 1.29 is 18.0 Å². The third-order valence-corrected chi connectivity index (χ3v) is 9.69. The third kappa shape index (κ3) is 6.97. The lowest BCUT2D eigenvalue weighted by Crippen LogP contribution is -2.52. The number of aryl methyl sites for hydroxylation is 1. The molecule has 3 aromatic carbocycles. The molecule has 0 aromatic heterocycles. The van der Waals surface area contributed by atoms with Crippen molar-refractivity contribution >= 4 is 50.7 Å². The summed E-state index contributed by atoms with van der Waals surface area (Å²) in [5.41, 5.74) is 1.76. The summed E-state index contributed by atoms with van der Waals surface area (Å²) in [4.78, 5) is 28.7. The largest absolute Gasteiger partial charge is 0.352 e. The maximum atomic E-state index is 14.0. The Morgan fingerprint density at radius 2 is 1.52 bits per heavy atom. The SMILES string of the molecule is Cc1ccc(N(CC(=O)N(Cc2c(Cl)cccc2Cl)[C@@H](C)C(=O)NC2CCCC2)S(=O)(=O)c2ccccc2)cc1. The van der Waals surface area contributed by atoms with Gasteiger partial charge >= 0.3 is 0 Å². The summed E-state index contributed by atoms with van der Waals surface area (Å²) in [6.45, 7) is 2.94. The zero-order valence-electron chi connectivity index (χ0n) is 22.5. The molecule has 7 nitrogen and oxygen atoms in total. The van der Waals surface area contributed by atoms with Crippen molar-refractivity contribution in [3.05, 3.63) is 94.0 Å². The molecule has 1 aliphatic rings. The number of amides is 2. The smallest absolute Gasteiger partial charge is 0.264 e. The van der Waals surface area contributed by atoms with E-state index < -0.39 is 28.5 Å². The number of carbonyl (C=O) groups is 2. The number of hydrogen-bond acceptors (Lipinski definition) is 4. The van der Waals surface area contributed by atoms with E-state index in [1.54, 1.807) is 67.6 Å². The van der Waals surface area contributed by atoms with Crippen LogP contribution < -0.4 is 9.62 Å². The Morgan fingerprint density at radius 1 is 0.925 bits per heavy atom. The Hall–Kier alpha value is -3.07. The van der Waals surface area contributed by atoms with Gasteiger partial charge in [-0.1, -0.05) is 78.0 Å². The lowest BCUT2D eigenvalue weighted by molar-refractivity contribution is -0.139. The molecule has 3 aromatic rings. The Kier molecular flexibility index (Phi) is 9.77. The Morgan fingerprint density at radius 3 is 2.12 bits per heavy atom. The summed E-state index contributed by atoms with van der Waals surface area (Å²) >= 11 is 12.9. The van der Waals surface area contributed by atoms with Crippen molar-refractivity contribution in [3.63, 3.8) is 0 Å². The molecule has 0 radical (unpaired) electrons. The molecule has 0 unspecified atom stereocenters. The number of rotatable bonds is 10. The van der Waals surface area contributed by atoms with Crippen molar-refractivity contribution in [1.29, 1.82) is 0 Å². The number of sulfonamides is 1. The molecular formula is C30H33Cl2N3O4S. The molecule has 1 N–H and O–H groups in total. The van der Waals surface area contributed by atoms with Crippen LogP contribution in [0.15, 0.2) is 77.7 Å². The van der Waals surface area contributed by atoms with Crippen molar-refractivity contribution in [1.82, 2.24) is 10.2 Å². The number of carbonyl (C=O) groups excluding carboxylic acids is 2. The van der Waals surface area contributed by atoms with Gasteiger partial charge in [0.25, 0.3) is 10.0 Å². The van der Waals surface area contributed by atoms with Gasteiger partial charge in [0.05, 0.1) is 10.6 Å². The van der Waals surface area contributed by atoms with Crippen LogP contribution in [0, 0.1) is 6.92 Å². The molecule has 10 heteroatoms. The second kappa shape index (κ2) is 13.1. The van der Waals surface area contributed by atoms with Crippen molar-refractivity contribution in [3.8, 4) is 0 Å². The molecule has 1 atom stereocenters. The molecule has 40 heavy (non-hydrogen) atoms. The molecule has 0 aliphatic heterocycles. The van der Waals surface area contributed by atoms with E-state index in [0.717, 1.165) is 35.6 Å². The van der Waals surface area contributed by atoms with E-state index in [9.17, 15) is 18.0 Å². The van der Waals surface area contributed by atoms with Gasteiger partial charge in [-0.05, 0) is 63.1 Å². The fourth-order valence-corrected chi connectivity index (χ4v) is 6.74. The van der Waals surface area contributed by atoms with Crippen molar-refractivity contribution in [2.75, 3.05) is 10.8 Å². The zero-order chi connectivity index (χ0) is 28.9. The highest BCUT2D eigenvalue weighted by Crippen LogP contribution is 2.28. The topological polar surface area (TPSA) is 86.8 Å². The third-order valence-electron chi connectivity index (χ3n) is 7.19. The molecule has 0 saturated heterocycles. The van der Waals surface area contributed by atoms with Crippen LogP contribution in [0.2, 0.25) is 10.0 Å². The predicted octanol–water partition coefficient (Wildman–Crippen LogP) is 5.97. The van der Waals surface area contributed by atoms with E-state index in [1.165, 1.54) is 17.0 Å². The van der Waals surface area contributed by atoms with Gasteiger partial charge < -0.3 is 10.2 Å². The summed E-state index contributed by atoms with van der Waals surface area (Å²) in [7, 11) is -4.12. The van der Waals surface area contributed by atoms with Gasteiger partial charge in [0.2, 0.25) is 11.8 Å². The van der Waals surface area contributed by atoms with Crippen LogP contribution >= 0.6 is 23.2 Å². The minimum Gasteiger partial charge on any atom is -0.352 e. The van der Waals surface area contributed by atoms with E-state index in [1.807, 2.05) is 6.92 Å². The summed E-state index contributed by atoms with van der Waals surface area (Å²) in [6, 6.07) is 19.0. The summed E-state index contributed by atoms with van der Waals surface area (Å²) < 4.78 is 28.7. The highest BCUT2D eigenvalue weighted by Gasteiger charge is 2.33. The fraction of sp³-hybridized carbons (Fsp3) is 0.333. The lowest BCUT2D eigenvalue weighted by atomic mass is 10.1. The molecule has 2 amide bonds. The number of nitrogens with one attached hydrogen (secondary N) is 1. The average Bonchev–Trinajstić information content (AvgIpc) is 3.45. The van der Waals surface area contributed by atoms with Gasteiger partial charge in [0.1, 0.15) is 12.6 Å². The Balaban J connectivity index is 1.70. The highest BCUT2D eigenvalue weighted by atomic mass is 35.5. The maximum absolute atomic E-state index is 14.0. The summed E-state index contributed by atoms with van der Waals surface area (Å²) in [5.74, 6) is -0.874. The van der Waals surface area contributed by atoms with E-state index >= 15 is 0 Å². The quantitative estimate of drug-likeness (QED) is 0.310. The Labute approximate surface area is 246 Å². The number of benzene rings is 3. The molecule has 1 aliphatic carbocycles. The second-order valence-electron chi connectivity index (χ2n) is 10.0. The van der Waals surface area contributed by atoms with E-state index in [-0.39, 0.29) is 23.4 Å². The van der Waals surface area contributed by atoms with Gasteiger partial charge in [-0.15, -0.1) is 0 Å². The number of anilines is 1. The normalized spacial score (nSPS) is 14.5. The lowest BCUT2D eigenvalue weighted by Gasteiger charge is -2.33. The minimum atomic E-state index is -4.12. The van der Waals surface area contributed by atoms with Crippen LogP contribution in [0.1, 0.15) is 43.7 Å². The fourth-order valence-electron chi connectivity index (χ4n) is 4.79. The van der Waals surface area contributed by atoms with Gasteiger partial charge in [0.15, 0.2) is 0 Å². The molecule has 1 fully saturated rings. The second-order valence-corrected chi connectivity index (χ2v) is 12.7. The standard InChI is InChI=1S/C30H33Cl2N3O4S/c1-21-15-17-24(18-16-21)35(40(38,39)25-11-4-3-5-12-25)20-29(36)34(19-26-27(31)13-8-14-28(26)32)22(2)30(37)33-23-9-6-7-10-23/h3-5,8,11-18,22-23H,6-7,9-10,19-20H2,1-2H3,(H,33,37)/t22-/m0/s1. The van der Waals surface area contributed by atoms with Crippen molar-refractivity contribution in [2.45, 2.75) is 63.1 Å². The van der Waals surface area contributed by atoms with Gasteiger partial charge in [-0.2, -0.15) is 0 Å². The van der Waals surface area contributed by atoms with E-state index in [0.29, 0.717) is 21.3 Å².